The highest BCUT2D eigenvalue weighted by Gasteiger charge is 2.49. The third kappa shape index (κ3) is 3.43. The molecule has 7 nitrogen and oxygen atoms in total. The van der Waals surface area contributed by atoms with Gasteiger partial charge in [-0.05, 0) is 55.7 Å². The van der Waals surface area contributed by atoms with Crippen molar-refractivity contribution in [2.24, 2.45) is 11.8 Å². The van der Waals surface area contributed by atoms with Crippen LogP contribution in [0.2, 0.25) is 0 Å². The number of aromatic hydroxyl groups is 1. The molecule has 162 valence electrons. The van der Waals surface area contributed by atoms with Crippen LogP contribution in [0.4, 0.5) is 0 Å². The molecule has 30 heavy (non-hydrogen) atoms. The van der Waals surface area contributed by atoms with Crippen molar-refractivity contribution >= 4 is 11.9 Å². The summed E-state index contributed by atoms with van der Waals surface area (Å²) >= 11 is 0. The second-order valence-electron chi connectivity index (χ2n) is 9.26. The van der Waals surface area contributed by atoms with Crippen molar-refractivity contribution in [2.75, 3.05) is 26.7 Å². The molecule has 1 aromatic rings. The Balaban J connectivity index is 1.25. The van der Waals surface area contributed by atoms with E-state index in [1.54, 1.807) is 12.1 Å². The number of phenols is 1. The SMILES string of the molecule is COc1ccc(C(=O)O[C@H]2CCN3C[C@H]4C[C@H](CN5C(=O)CCC[C@@H]45)[C@@H]3C2)cc1O. The fraction of sp³-hybridized carbons (Fsp3) is 0.652. The molecule has 0 radical (unpaired) electrons. The van der Waals surface area contributed by atoms with Gasteiger partial charge in [0.05, 0.1) is 12.7 Å². The quantitative estimate of drug-likeness (QED) is 0.766. The van der Waals surface area contributed by atoms with Gasteiger partial charge in [0.25, 0.3) is 0 Å². The standard InChI is InChI=1S/C23H30N2O5/c1-29-21-6-5-14(10-20(21)26)23(28)30-17-7-8-24-12-15-9-16(19(24)11-17)13-25-18(15)3-2-4-22(25)27/h5-6,10,15-19,26H,2-4,7-9,11-13H2,1H3/t15-,16-,17+,18+,19+/m1/s1. The molecule has 0 saturated carbocycles. The molecule has 0 aliphatic carbocycles. The third-order valence-electron chi connectivity index (χ3n) is 7.61. The zero-order valence-corrected chi connectivity index (χ0v) is 17.5. The second kappa shape index (κ2) is 7.76. The summed E-state index contributed by atoms with van der Waals surface area (Å²) in [5.74, 6) is 1.24. The van der Waals surface area contributed by atoms with Crippen molar-refractivity contribution in [3.05, 3.63) is 23.8 Å². The summed E-state index contributed by atoms with van der Waals surface area (Å²) in [6.07, 6.45) is 5.58. The summed E-state index contributed by atoms with van der Waals surface area (Å²) in [6, 6.07) is 5.38. The highest BCUT2D eigenvalue weighted by atomic mass is 16.5. The minimum absolute atomic E-state index is 0.0666. The zero-order chi connectivity index (χ0) is 20.8. The first kappa shape index (κ1) is 19.7. The highest BCUT2D eigenvalue weighted by Crippen LogP contribution is 2.43. The second-order valence-corrected chi connectivity index (χ2v) is 9.26. The number of piperidine rings is 4. The van der Waals surface area contributed by atoms with Gasteiger partial charge in [0.2, 0.25) is 5.91 Å². The molecule has 5 atom stereocenters. The van der Waals surface area contributed by atoms with Crippen LogP contribution in [0.3, 0.4) is 0 Å². The van der Waals surface area contributed by atoms with Gasteiger partial charge in [-0.2, -0.15) is 0 Å². The number of fused-ring (bicyclic) bond motifs is 6. The van der Waals surface area contributed by atoms with E-state index in [-0.39, 0.29) is 11.9 Å². The molecule has 1 N–H and O–H groups in total. The minimum Gasteiger partial charge on any atom is -0.504 e. The predicted molar refractivity (Wildman–Crippen MR) is 109 cm³/mol. The number of rotatable bonds is 3. The molecule has 0 unspecified atom stereocenters. The first-order chi connectivity index (χ1) is 14.5. The number of hydrogen-bond acceptors (Lipinski definition) is 6. The summed E-state index contributed by atoms with van der Waals surface area (Å²) in [4.78, 5) is 29.8. The Morgan fingerprint density at radius 3 is 2.77 bits per heavy atom. The number of carbonyl (C=O) groups is 2. The van der Waals surface area contributed by atoms with Crippen LogP contribution in [0.15, 0.2) is 18.2 Å². The number of hydrogen-bond donors (Lipinski definition) is 1. The van der Waals surface area contributed by atoms with E-state index in [0.717, 1.165) is 45.3 Å². The zero-order valence-electron chi connectivity index (χ0n) is 17.5. The molecule has 4 heterocycles. The first-order valence-electron chi connectivity index (χ1n) is 11.1. The van der Waals surface area contributed by atoms with Gasteiger partial charge in [-0.15, -0.1) is 0 Å². The summed E-state index contributed by atoms with van der Waals surface area (Å²) in [6.45, 7) is 2.85. The van der Waals surface area contributed by atoms with Crippen LogP contribution in [0, 0.1) is 11.8 Å². The van der Waals surface area contributed by atoms with Crippen molar-refractivity contribution in [2.45, 2.75) is 56.7 Å². The Kier molecular flexibility index (Phi) is 5.09. The number of nitrogens with zero attached hydrogens (tertiary/aromatic N) is 2. The summed E-state index contributed by atoms with van der Waals surface area (Å²) in [7, 11) is 1.47. The van der Waals surface area contributed by atoms with E-state index in [2.05, 4.69) is 9.80 Å². The minimum atomic E-state index is -0.407. The summed E-state index contributed by atoms with van der Waals surface area (Å²) < 4.78 is 10.9. The fourth-order valence-corrected chi connectivity index (χ4v) is 6.20. The van der Waals surface area contributed by atoms with Crippen LogP contribution in [-0.4, -0.2) is 71.7 Å². The van der Waals surface area contributed by atoms with Crippen molar-refractivity contribution in [3.8, 4) is 11.5 Å². The van der Waals surface area contributed by atoms with Crippen LogP contribution in [0.5, 0.6) is 11.5 Å². The van der Waals surface area contributed by atoms with E-state index in [0.29, 0.717) is 47.6 Å². The Morgan fingerprint density at radius 1 is 1.13 bits per heavy atom. The number of amides is 1. The molecule has 4 aliphatic rings. The van der Waals surface area contributed by atoms with Crippen LogP contribution in [-0.2, 0) is 9.53 Å². The molecule has 4 aliphatic heterocycles. The lowest BCUT2D eigenvalue weighted by atomic mass is 9.70. The molecule has 1 amide bonds. The number of carbonyl (C=O) groups excluding carboxylic acids is 2. The van der Waals surface area contributed by atoms with Crippen molar-refractivity contribution in [1.29, 1.82) is 0 Å². The lowest BCUT2D eigenvalue weighted by Gasteiger charge is -2.57. The van der Waals surface area contributed by atoms with E-state index in [1.807, 2.05) is 0 Å². The topological polar surface area (TPSA) is 79.3 Å². The van der Waals surface area contributed by atoms with Crippen molar-refractivity contribution in [3.63, 3.8) is 0 Å². The fourth-order valence-electron chi connectivity index (χ4n) is 6.20. The van der Waals surface area contributed by atoms with Gasteiger partial charge >= 0.3 is 5.97 Å². The summed E-state index contributed by atoms with van der Waals surface area (Å²) in [5.41, 5.74) is 0.332. The van der Waals surface area contributed by atoms with Gasteiger partial charge in [0.15, 0.2) is 11.5 Å². The molecule has 0 aromatic heterocycles. The van der Waals surface area contributed by atoms with E-state index >= 15 is 0 Å². The monoisotopic (exact) mass is 414 g/mol. The number of esters is 1. The molecule has 7 heteroatoms. The Bertz CT molecular complexity index is 843. The normalized spacial score (nSPS) is 33.4. The maximum absolute atomic E-state index is 12.6. The molecule has 4 fully saturated rings. The molecule has 5 rings (SSSR count). The maximum atomic E-state index is 12.6. The largest absolute Gasteiger partial charge is 0.504 e. The van der Waals surface area contributed by atoms with Crippen molar-refractivity contribution in [1.82, 2.24) is 9.80 Å². The molecular formula is C23H30N2O5. The van der Waals surface area contributed by atoms with Gasteiger partial charge in [-0.25, -0.2) is 4.79 Å². The van der Waals surface area contributed by atoms with Crippen molar-refractivity contribution < 1.29 is 24.2 Å². The van der Waals surface area contributed by atoms with Crippen LogP contribution < -0.4 is 4.74 Å². The average molecular weight is 415 g/mol. The van der Waals surface area contributed by atoms with Gasteiger partial charge in [-0.1, -0.05) is 0 Å². The highest BCUT2D eigenvalue weighted by molar-refractivity contribution is 5.90. The molecule has 1 aromatic carbocycles. The van der Waals surface area contributed by atoms with E-state index in [4.69, 9.17) is 9.47 Å². The summed E-state index contributed by atoms with van der Waals surface area (Å²) in [5, 5.41) is 9.94. The van der Waals surface area contributed by atoms with Crippen LogP contribution >= 0.6 is 0 Å². The third-order valence-corrected chi connectivity index (χ3v) is 7.61. The Hall–Kier alpha value is -2.28. The molecule has 2 bridgehead atoms. The smallest absolute Gasteiger partial charge is 0.338 e. The Labute approximate surface area is 176 Å². The number of benzene rings is 1. The number of ether oxygens (including phenoxy) is 2. The number of methoxy groups -OCH3 is 1. The van der Waals surface area contributed by atoms with Crippen LogP contribution in [0.1, 0.15) is 48.9 Å². The number of phenolic OH excluding ortho intramolecular Hbond substituents is 1. The van der Waals surface area contributed by atoms with Crippen LogP contribution in [0.25, 0.3) is 0 Å². The predicted octanol–water partition coefficient (Wildman–Crippen LogP) is 2.42. The average Bonchev–Trinajstić information content (AvgIpc) is 2.75. The van der Waals surface area contributed by atoms with Gasteiger partial charge in [0.1, 0.15) is 6.10 Å². The lowest BCUT2D eigenvalue weighted by molar-refractivity contribution is -0.150. The van der Waals surface area contributed by atoms with E-state index in [1.165, 1.54) is 19.6 Å². The van der Waals surface area contributed by atoms with Gasteiger partial charge in [0, 0.05) is 44.6 Å². The first-order valence-corrected chi connectivity index (χ1v) is 11.1. The van der Waals surface area contributed by atoms with Gasteiger partial charge in [-0.3, -0.25) is 9.69 Å². The molecule has 4 saturated heterocycles. The van der Waals surface area contributed by atoms with E-state index in [9.17, 15) is 14.7 Å². The molecule has 0 spiro atoms. The maximum Gasteiger partial charge on any atom is 0.338 e. The molecular weight excluding hydrogens is 384 g/mol. The van der Waals surface area contributed by atoms with Gasteiger partial charge < -0.3 is 19.5 Å². The van der Waals surface area contributed by atoms with E-state index < -0.39 is 5.97 Å². The lowest BCUT2D eigenvalue weighted by Crippen LogP contribution is -2.65. The Morgan fingerprint density at radius 2 is 1.97 bits per heavy atom.